The van der Waals surface area contributed by atoms with Gasteiger partial charge in [0.2, 0.25) is 0 Å². The number of Topliss-reactive ketones (excluding diaryl/α,β-unsaturated/α-hetero) is 2. The van der Waals surface area contributed by atoms with Crippen LogP contribution in [0.4, 0.5) is 0 Å². The van der Waals surface area contributed by atoms with Gasteiger partial charge in [-0.2, -0.15) is 0 Å². The van der Waals surface area contributed by atoms with E-state index in [0.717, 1.165) is 12.1 Å². The Hall–Kier alpha value is -2.34. The van der Waals surface area contributed by atoms with E-state index >= 15 is 0 Å². The molecule has 0 saturated heterocycles. The lowest BCUT2D eigenvalue weighted by molar-refractivity contribution is -0.0559. The first kappa shape index (κ1) is 13.3. The molecule has 4 aliphatic carbocycles. The SMILES string of the molecule is O=C1c2c(O)ccc(O)c2C(=O)C2C1C1CCC2(O)C=C1O. The molecule has 2 bridgehead atoms. The Labute approximate surface area is 125 Å². The van der Waals surface area contributed by atoms with Crippen LogP contribution >= 0.6 is 0 Å². The maximum Gasteiger partial charge on any atom is 0.174 e. The van der Waals surface area contributed by atoms with Crippen molar-refractivity contribution >= 4 is 11.6 Å². The van der Waals surface area contributed by atoms with E-state index < -0.39 is 34.9 Å². The highest BCUT2D eigenvalue weighted by molar-refractivity contribution is 6.19. The van der Waals surface area contributed by atoms with E-state index in [1.807, 2.05) is 0 Å². The number of aliphatic hydroxyl groups excluding tert-OH is 1. The molecule has 0 heterocycles. The molecule has 0 aliphatic heterocycles. The molecule has 4 N–H and O–H groups in total. The van der Waals surface area contributed by atoms with E-state index in [1.54, 1.807) is 0 Å². The topological polar surface area (TPSA) is 115 Å². The van der Waals surface area contributed by atoms with Crippen molar-refractivity contribution in [2.24, 2.45) is 17.8 Å². The van der Waals surface area contributed by atoms with Crippen molar-refractivity contribution in [2.75, 3.05) is 0 Å². The van der Waals surface area contributed by atoms with E-state index in [4.69, 9.17) is 0 Å². The van der Waals surface area contributed by atoms with Crippen molar-refractivity contribution in [2.45, 2.75) is 18.4 Å². The second kappa shape index (κ2) is 3.89. The molecule has 22 heavy (non-hydrogen) atoms. The molecule has 1 aromatic rings. The molecule has 5 rings (SSSR count). The van der Waals surface area contributed by atoms with Crippen LogP contribution in [0.25, 0.3) is 0 Å². The molecule has 1 saturated carbocycles. The third-order valence-corrected chi connectivity index (χ3v) is 5.20. The second-order valence-electron chi connectivity index (χ2n) is 6.29. The molecule has 0 spiro atoms. The molecular formula is C16H14O6. The third kappa shape index (κ3) is 1.38. The fourth-order valence-corrected chi connectivity index (χ4v) is 4.25. The molecular weight excluding hydrogens is 288 g/mol. The fourth-order valence-electron chi connectivity index (χ4n) is 4.25. The molecule has 4 unspecified atom stereocenters. The summed E-state index contributed by atoms with van der Waals surface area (Å²) in [6.07, 6.45) is 1.92. The summed E-state index contributed by atoms with van der Waals surface area (Å²) in [7, 11) is 0. The van der Waals surface area contributed by atoms with Gasteiger partial charge in [-0.15, -0.1) is 0 Å². The minimum Gasteiger partial charge on any atom is -0.512 e. The van der Waals surface area contributed by atoms with E-state index in [1.165, 1.54) is 6.08 Å². The van der Waals surface area contributed by atoms with Gasteiger partial charge in [0.05, 0.1) is 28.4 Å². The first-order chi connectivity index (χ1) is 10.3. The average molecular weight is 302 g/mol. The van der Waals surface area contributed by atoms with Gasteiger partial charge in [0.25, 0.3) is 0 Å². The smallest absolute Gasteiger partial charge is 0.174 e. The number of phenols is 2. The highest BCUT2D eigenvalue weighted by Crippen LogP contribution is 2.55. The lowest BCUT2D eigenvalue weighted by Gasteiger charge is -2.51. The number of carbonyl (C=O) groups is 2. The number of benzene rings is 1. The number of hydrogen-bond acceptors (Lipinski definition) is 6. The molecule has 1 aromatic carbocycles. The summed E-state index contributed by atoms with van der Waals surface area (Å²) in [5.41, 5.74) is -2.04. The second-order valence-corrected chi connectivity index (χ2v) is 6.29. The molecule has 1 fully saturated rings. The van der Waals surface area contributed by atoms with Gasteiger partial charge < -0.3 is 20.4 Å². The van der Waals surface area contributed by atoms with Gasteiger partial charge in [-0.3, -0.25) is 9.59 Å². The van der Waals surface area contributed by atoms with Gasteiger partial charge in [0.1, 0.15) is 11.5 Å². The van der Waals surface area contributed by atoms with Gasteiger partial charge in [0, 0.05) is 11.8 Å². The zero-order chi connectivity index (χ0) is 15.8. The highest BCUT2D eigenvalue weighted by atomic mass is 16.3. The highest BCUT2D eigenvalue weighted by Gasteiger charge is 2.61. The molecule has 0 amide bonds. The maximum absolute atomic E-state index is 12.8. The Balaban J connectivity index is 2.00. The number of rotatable bonds is 0. The summed E-state index contributed by atoms with van der Waals surface area (Å²) in [6.45, 7) is 0. The Morgan fingerprint density at radius 2 is 1.59 bits per heavy atom. The first-order valence-electron chi connectivity index (χ1n) is 7.12. The van der Waals surface area contributed by atoms with Crippen molar-refractivity contribution in [3.8, 4) is 11.5 Å². The summed E-state index contributed by atoms with van der Waals surface area (Å²) < 4.78 is 0. The van der Waals surface area contributed by atoms with Gasteiger partial charge in [-0.25, -0.2) is 0 Å². The standard InChI is InChI=1S/C16H14O6/c17-7-1-2-8(18)12-11(7)14(20)10-6-3-4-16(22,5-9(6)19)13(10)15(12)21/h1-2,5-6,10,13,17-19,22H,3-4H2. The van der Waals surface area contributed by atoms with Crippen LogP contribution < -0.4 is 0 Å². The largest absolute Gasteiger partial charge is 0.512 e. The van der Waals surface area contributed by atoms with Crippen LogP contribution in [-0.4, -0.2) is 37.6 Å². The van der Waals surface area contributed by atoms with E-state index in [9.17, 15) is 30.0 Å². The zero-order valence-electron chi connectivity index (χ0n) is 11.5. The molecule has 4 aliphatic rings. The van der Waals surface area contributed by atoms with Crippen molar-refractivity contribution in [1.29, 1.82) is 0 Å². The number of phenolic OH excluding ortho intramolecular Hbond substituents is 2. The van der Waals surface area contributed by atoms with E-state index in [2.05, 4.69) is 0 Å². The molecule has 0 radical (unpaired) electrons. The summed E-state index contributed by atoms with van der Waals surface area (Å²) in [4.78, 5) is 25.6. The number of fused-ring (bicyclic) bond motifs is 2. The summed E-state index contributed by atoms with van der Waals surface area (Å²) in [5, 5.41) is 40.6. The van der Waals surface area contributed by atoms with Gasteiger partial charge >= 0.3 is 0 Å². The van der Waals surface area contributed by atoms with Crippen LogP contribution in [0.3, 0.4) is 0 Å². The normalized spacial score (nSPS) is 35.9. The van der Waals surface area contributed by atoms with Gasteiger partial charge in [-0.05, 0) is 31.1 Å². The Bertz CT molecular complexity index is 764. The van der Waals surface area contributed by atoms with Gasteiger partial charge in [-0.1, -0.05) is 0 Å². The Morgan fingerprint density at radius 3 is 2.18 bits per heavy atom. The maximum atomic E-state index is 12.8. The molecule has 6 heteroatoms. The van der Waals surface area contributed by atoms with Crippen molar-refractivity contribution in [3.63, 3.8) is 0 Å². The summed E-state index contributed by atoms with van der Waals surface area (Å²) in [5.74, 6) is -4.40. The Kier molecular flexibility index (Phi) is 2.36. The zero-order valence-corrected chi connectivity index (χ0v) is 11.5. The predicted molar refractivity (Wildman–Crippen MR) is 73.8 cm³/mol. The average Bonchev–Trinajstić information content (AvgIpc) is 2.45. The van der Waals surface area contributed by atoms with Gasteiger partial charge in [0.15, 0.2) is 11.6 Å². The first-order valence-corrected chi connectivity index (χ1v) is 7.12. The van der Waals surface area contributed by atoms with E-state index in [-0.39, 0.29) is 34.8 Å². The van der Waals surface area contributed by atoms with Crippen LogP contribution in [-0.2, 0) is 0 Å². The number of aliphatic hydroxyl groups is 2. The minimum atomic E-state index is -1.59. The summed E-state index contributed by atoms with van der Waals surface area (Å²) >= 11 is 0. The van der Waals surface area contributed by atoms with Crippen molar-refractivity contribution < 1.29 is 30.0 Å². The van der Waals surface area contributed by atoms with Crippen LogP contribution in [0.15, 0.2) is 24.0 Å². The fraction of sp³-hybridized carbons (Fsp3) is 0.375. The van der Waals surface area contributed by atoms with Crippen molar-refractivity contribution in [1.82, 2.24) is 0 Å². The van der Waals surface area contributed by atoms with Crippen LogP contribution in [0.1, 0.15) is 33.6 Å². The van der Waals surface area contributed by atoms with Crippen LogP contribution in [0.5, 0.6) is 11.5 Å². The molecule has 6 nitrogen and oxygen atoms in total. The van der Waals surface area contributed by atoms with E-state index in [0.29, 0.717) is 6.42 Å². The molecule has 0 aromatic heterocycles. The third-order valence-electron chi connectivity index (χ3n) is 5.20. The van der Waals surface area contributed by atoms with Crippen LogP contribution in [0, 0.1) is 17.8 Å². The Morgan fingerprint density at radius 1 is 1.00 bits per heavy atom. The van der Waals surface area contributed by atoms with Crippen molar-refractivity contribution in [3.05, 3.63) is 35.1 Å². The number of aromatic hydroxyl groups is 2. The monoisotopic (exact) mass is 302 g/mol. The lowest BCUT2D eigenvalue weighted by atomic mass is 9.53. The predicted octanol–water partition coefficient (Wildman–Crippen LogP) is 1.31. The van der Waals surface area contributed by atoms with Crippen LogP contribution in [0.2, 0.25) is 0 Å². The minimum absolute atomic E-state index is 0.0840. The number of ketones is 2. The quantitative estimate of drug-likeness (QED) is 0.537. The number of carbonyl (C=O) groups excluding carboxylic acids is 2. The molecule has 4 atom stereocenters. The molecule has 114 valence electrons. The summed E-state index contributed by atoms with van der Waals surface area (Å²) in [6, 6.07) is 2.31. The lowest BCUT2D eigenvalue weighted by Crippen LogP contribution is -2.59. The number of hydrogen-bond donors (Lipinski definition) is 4. The number of allylic oxidation sites excluding steroid dienone is 1.